The lowest BCUT2D eigenvalue weighted by Gasteiger charge is -2.53. The van der Waals surface area contributed by atoms with Crippen LogP contribution in [0.2, 0.25) is 0 Å². The number of hydrogen-bond donors (Lipinski definition) is 2. The maximum atomic E-state index is 13.7. The van der Waals surface area contributed by atoms with Crippen molar-refractivity contribution in [3.8, 4) is 0 Å². The van der Waals surface area contributed by atoms with Crippen LogP contribution in [0.3, 0.4) is 0 Å². The van der Waals surface area contributed by atoms with Gasteiger partial charge in [-0.1, -0.05) is 33.9 Å². The number of hydrogen-bond acceptors (Lipinski definition) is 17. The summed E-state index contributed by atoms with van der Waals surface area (Å²) in [5.74, 6) is -1.16. The first kappa shape index (κ1) is 54.0. The summed E-state index contributed by atoms with van der Waals surface area (Å²) in [6.45, 7) is 16.2. The van der Waals surface area contributed by atoms with Crippen molar-refractivity contribution in [3.05, 3.63) is 24.3 Å². The molecule has 0 radical (unpaired) electrons. The van der Waals surface area contributed by atoms with E-state index in [4.69, 9.17) is 72.0 Å². The number of rotatable bonds is 15. The van der Waals surface area contributed by atoms with E-state index in [9.17, 15) is 9.90 Å². The molecule has 4 bridgehead atoms. The fourth-order valence-corrected chi connectivity index (χ4v) is 15.9. The summed E-state index contributed by atoms with van der Waals surface area (Å²) in [7, 11) is 1.72. The highest BCUT2D eigenvalue weighted by Gasteiger charge is 2.65. The van der Waals surface area contributed by atoms with Crippen molar-refractivity contribution >= 4 is 5.97 Å². The third-order valence-corrected chi connectivity index (χ3v) is 19.8. The number of aliphatic hydroxyl groups excluding tert-OH is 1. The van der Waals surface area contributed by atoms with Crippen LogP contribution in [0.15, 0.2) is 24.3 Å². The zero-order valence-electron chi connectivity index (χ0n) is 45.2. The van der Waals surface area contributed by atoms with Gasteiger partial charge in [0.25, 0.3) is 0 Å². The maximum Gasteiger partial charge on any atom is 0.308 e. The smallest absolute Gasteiger partial charge is 0.308 e. The first-order valence-corrected chi connectivity index (χ1v) is 29.6. The molecule has 13 fully saturated rings. The van der Waals surface area contributed by atoms with Gasteiger partial charge in [-0.05, 0) is 100 Å². The van der Waals surface area contributed by atoms with Crippen LogP contribution in [-0.2, 0) is 71.1 Å². The molecule has 7 unspecified atom stereocenters. The molecule has 17 nitrogen and oxygen atoms in total. The highest BCUT2D eigenvalue weighted by atomic mass is 16.8. The number of carbonyl (C=O) groups excluding carboxylic acids is 1. The molecule has 75 heavy (non-hydrogen) atoms. The summed E-state index contributed by atoms with van der Waals surface area (Å²) in [4.78, 5) is 13.7. The predicted octanol–water partition coefficient (Wildman–Crippen LogP) is 6.59. The van der Waals surface area contributed by atoms with Crippen molar-refractivity contribution in [2.45, 2.75) is 301 Å². The number of carbonyl (C=O) groups is 1. The molecule has 0 aromatic rings. The molecule has 13 rings (SSSR count). The number of aliphatic hydroxyl groups is 1. The van der Waals surface area contributed by atoms with Gasteiger partial charge in [-0.25, -0.2) is 0 Å². The normalized spacial score (nSPS) is 51.4. The van der Waals surface area contributed by atoms with Gasteiger partial charge in [-0.2, -0.15) is 0 Å². The first-order chi connectivity index (χ1) is 36.3. The average Bonchev–Trinajstić information content (AvgIpc) is 4.12. The second-order valence-corrected chi connectivity index (χ2v) is 25.1. The van der Waals surface area contributed by atoms with Crippen molar-refractivity contribution in [2.24, 2.45) is 17.6 Å². The summed E-state index contributed by atoms with van der Waals surface area (Å²) in [5, 5.41) is 11.2. The minimum absolute atomic E-state index is 0.0131. The SMILES string of the molecule is C=C1C[C@H](CC[C@]23C[C@H]4O[C@H]([C@@H](OC)[C@H]4O2)[C@H]([C@@H]2CCCC(CC(=O)O[C@H]4CO[C@H]5C[C@H]6OC(C[C@@H]7O[C@@]8(CC[C@@H]7O)C[C@H](C)[C@@H]7O[C@H](CN)CC[C@@H]7O8)CC6OC5C4)O2)O3)OC1CCC1C[C@@H](C)C(=C)C(CC)O1. The van der Waals surface area contributed by atoms with Gasteiger partial charge < -0.3 is 77.2 Å². The lowest BCUT2D eigenvalue weighted by atomic mass is 9.81. The minimum Gasteiger partial charge on any atom is -0.460 e. The molecule has 13 heterocycles. The minimum atomic E-state index is -0.848. The fraction of sp³-hybridized carbons (Fsp3) is 0.914. The predicted molar refractivity (Wildman–Crippen MR) is 270 cm³/mol. The van der Waals surface area contributed by atoms with Gasteiger partial charge in [0.2, 0.25) is 0 Å². The molecule has 26 atom stereocenters. The molecule has 422 valence electrons. The maximum absolute atomic E-state index is 13.7. The third kappa shape index (κ3) is 11.1. The largest absolute Gasteiger partial charge is 0.460 e. The Morgan fingerprint density at radius 2 is 1.52 bits per heavy atom. The number of esters is 1. The quantitative estimate of drug-likeness (QED) is 0.132. The first-order valence-electron chi connectivity index (χ1n) is 29.6. The molecule has 13 aliphatic heterocycles. The van der Waals surface area contributed by atoms with Gasteiger partial charge in [0.05, 0.1) is 117 Å². The lowest BCUT2D eigenvalue weighted by Crippen LogP contribution is -2.60. The van der Waals surface area contributed by atoms with E-state index >= 15 is 0 Å². The van der Waals surface area contributed by atoms with Crippen LogP contribution in [0.25, 0.3) is 0 Å². The van der Waals surface area contributed by atoms with Crippen molar-refractivity contribution in [3.63, 3.8) is 0 Å². The van der Waals surface area contributed by atoms with Crippen LogP contribution in [0.4, 0.5) is 0 Å². The highest BCUT2D eigenvalue weighted by molar-refractivity contribution is 5.70. The topological polar surface area (TPSA) is 193 Å². The Labute approximate surface area is 444 Å². The van der Waals surface area contributed by atoms with E-state index < -0.39 is 36.0 Å². The van der Waals surface area contributed by atoms with E-state index in [0.29, 0.717) is 70.4 Å². The van der Waals surface area contributed by atoms with Crippen LogP contribution < -0.4 is 5.73 Å². The Balaban J connectivity index is 0.603. The number of methoxy groups -OCH3 is 1. The van der Waals surface area contributed by atoms with Gasteiger partial charge in [0, 0.05) is 65.0 Å². The highest BCUT2D eigenvalue weighted by Crippen LogP contribution is 2.52. The number of fused-ring (bicyclic) bond motifs is 4. The van der Waals surface area contributed by atoms with Crippen LogP contribution in [-0.4, -0.2) is 177 Å². The Kier molecular flexibility index (Phi) is 16.1. The Morgan fingerprint density at radius 1 is 0.707 bits per heavy atom. The molecule has 0 aromatic heterocycles. The number of nitrogens with two attached hydrogens (primary N) is 1. The summed E-state index contributed by atoms with van der Waals surface area (Å²) in [6, 6.07) is 0. The summed E-state index contributed by atoms with van der Waals surface area (Å²) >= 11 is 0. The van der Waals surface area contributed by atoms with Gasteiger partial charge in [0.15, 0.2) is 11.6 Å². The molecule has 0 amide bonds. The molecule has 0 aromatic carbocycles. The van der Waals surface area contributed by atoms with Crippen LogP contribution in [0.5, 0.6) is 0 Å². The fourth-order valence-electron chi connectivity index (χ4n) is 15.9. The summed E-state index contributed by atoms with van der Waals surface area (Å²) in [5.41, 5.74) is 8.32. The second-order valence-electron chi connectivity index (χ2n) is 25.1. The van der Waals surface area contributed by atoms with Gasteiger partial charge >= 0.3 is 5.97 Å². The zero-order chi connectivity index (χ0) is 51.8. The van der Waals surface area contributed by atoms with E-state index in [1.54, 1.807) is 7.11 Å². The molecular formula is C58H89NO16. The van der Waals surface area contributed by atoms with E-state index in [2.05, 4.69) is 33.9 Å². The molecule has 13 saturated heterocycles. The monoisotopic (exact) mass is 1060 g/mol. The Bertz CT molecular complexity index is 2030. The average molecular weight is 1060 g/mol. The Morgan fingerprint density at radius 3 is 2.36 bits per heavy atom. The van der Waals surface area contributed by atoms with Crippen molar-refractivity contribution in [1.82, 2.24) is 0 Å². The molecule has 3 N–H and O–H groups in total. The third-order valence-electron chi connectivity index (χ3n) is 19.8. The standard InChI is InChI=1S/C58H89NO16/c1-7-41-33(5)30(2)19-35(64-41)11-13-42-31(3)20-36(65-42)15-17-58-27-50-54(75-58)55(62-6)56(71-50)53(74-58)43-10-8-9-34(66-43)24-51(61)68-39-23-47-46(63-29-39)25-49-48(70-47)22-38(67-49)21-45-40(60)16-18-57(73-45)26-32(4)52-44(72-57)14-12-37(28-59)69-52/h30,32,34-50,52-56,60H,3,5,7-29,59H2,1-2,4,6H3/t30-,32+,34?,35?,36+,37+,38?,39-,40+,41?,42?,43+,44+,45+,46+,47?,48?,49-,50-,52+,53+,54+,55+,56+,57+,58-/m1/s1. The van der Waals surface area contributed by atoms with E-state index in [0.717, 1.165) is 82.6 Å². The summed E-state index contributed by atoms with van der Waals surface area (Å²) in [6.07, 6.45) is 11.8. The molecule has 0 aliphatic carbocycles. The van der Waals surface area contributed by atoms with Crippen molar-refractivity contribution < 1.29 is 76.2 Å². The molecular weight excluding hydrogens is 967 g/mol. The molecule has 13 aliphatic rings. The summed E-state index contributed by atoms with van der Waals surface area (Å²) < 4.78 is 92.2. The molecule has 0 saturated carbocycles. The van der Waals surface area contributed by atoms with Crippen molar-refractivity contribution in [2.75, 3.05) is 20.3 Å². The van der Waals surface area contributed by atoms with Crippen LogP contribution >= 0.6 is 0 Å². The van der Waals surface area contributed by atoms with Gasteiger partial charge in [0.1, 0.15) is 30.5 Å². The van der Waals surface area contributed by atoms with E-state index in [1.165, 1.54) is 5.57 Å². The Hall–Kier alpha value is -1.65. The second kappa shape index (κ2) is 22.4. The van der Waals surface area contributed by atoms with Crippen LogP contribution in [0, 0.1) is 11.8 Å². The van der Waals surface area contributed by atoms with Crippen LogP contribution in [0.1, 0.15) is 156 Å². The van der Waals surface area contributed by atoms with Crippen molar-refractivity contribution in [1.29, 1.82) is 0 Å². The van der Waals surface area contributed by atoms with Gasteiger partial charge in [-0.15, -0.1) is 0 Å². The number of ether oxygens (including phenoxy) is 14. The van der Waals surface area contributed by atoms with E-state index in [-0.39, 0.29) is 128 Å². The van der Waals surface area contributed by atoms with E-state index in [1.807, 2.05) is 0 Å². The zero-order valence-corrected chi connectivity index (χ0v) is 45.2. The van der Waals surface area contributed by atoms with Gasteiger partial charge in [-0.3, -0.25) is 4.79 Å². The molecule has 1 spiro atoms. The lowest BCUT2D eigenvalue weighted by molar-refractivity contribution is -0.364. The molecule has 17 heteroatoms.